The van der Waals surface area contributed by atoms with Crippen LogP contribution in [0.5, 0.6) is 0 Å². The van der Waals surface area contributed by atoms with Crippen molar-refractivity contribution in [2.75, 3.05) is 12.3 Å². The summed E-state index contributed by atoms with van der Waals surface area (Å²) in [6.07, 6.45) is -0.311. The molecule has 1 unspecified atom stereocenters. The first-order chi connectivity index (χ1) is 9.97. The van der Waals surface area contributed by atoms with Crippen molar-refractivity contribution in [1.29, 1.82) is 0 Å². The summed E-state index contributed by atoms with van der Waals surface area (Å²) in [6, 6.07) is 5.78. The lowest BCUT2D eigenvalue weighted by molar-refractivity contribution is 0.0788. The lowest BCUT2D eigenvalue weighted by Gasteiger charge is -2.08. The molecule has 4 N–H and O–H groups in total. The van der Waals surface area contributed by atoms with Crippen molar-refractivity contribution >= 4 is 12.1 Å². The summed E-state index contributed by atoms with van der Waals surface area (Å²) in [5.74, 6) is 0.186. The number of aliphatic hydroxyl groups is 2. The molecule has 6 heteroatoms. The van der Waals surface area contributed by atoms with Gasteiger partial charge in [0.15, 0.2) is 6.29 Å². The minimum Gasteiger partial charge on any atom is -0.394 e. The highest BCUT2D eigenvalue weighted by molar-refractivity contribution is 5.91. The number of nitrogens with zero attached hydrogens (tertiary/aromatic N) is 2. The molecule has 2 rings (SSSR count). The summed E-state index contributed by atoms with van der Waals surface area (Å²) in [6.45, 7) is 3.63. The van der Waals surface area contributed by atoms with Crippen LogP contribution in [0.3, 0.4) is 0 Å². The highest BCUT2D eigenvalue weighted by Crippen LogP contribution is 2.27. The second-order valence-corrected chi connectivity index (χ2v) is 5.08. The summed E-state index contributed by atoms with van der Waals surface area (Å²) in [5, 5.41) is 22.7. The van der Waals surface area contributed by atoms with Gasteiger partial charge in [-0.3, -0.25) is 4.79 Å². The Morgan fingerprint density at radius 1 is 1.38 bits per heavy atom. The fourth-order valence-electron chi connectivity index (χ4n) is 2.10. The monoisotopic (exact) mass is 289 g/mol. The van der Waals surface area contributed by atoms with Gasteiger partial charge in [-0.2, -0.15) is 5.10 Å². The summed E-state index contributed by atoms with van der Waals surface area (Å²) >= 11 is 0. The predicted octanol–water partition coefficient (Wildman–Crippen LogP) is 0.915. The molecule has 0 amide bonds. The largest absolute Gasteiger partial charge is 0.394 e. The van der Waals surface area contributed by atoms with Gasteiger partial charge in [0.1, 0.15) is 11.5 Å². The molecule has 112 valence electrons. The Bertz CT molecular complexity index is 664. The molecule has 1 heterocycles. The molecule has 1 aromatic carbocycles. The van der Waals surface area contributed by atoms with E-state index in [9.17, 15) is 9.90 Å². The van der Waals surface area contributed by atoms with Gasteiger partial charge in [0.2, 0.25) is 0 Å². The van der Waals surface area contributed by atoms with Gasteiger partial charge in [0.05, 0.1) is 24.8 Å². The van der Waals surface area contributed by atoms with Gasteiger partial charge in [-0.05, 0) is 31.0 Å². The van der Waals surface area contributed by atoms with E-state index in [-0.39, 0.29) is 12.4 Å². The number of aryl methyl sites for hydroxylation is 2. The minimum absolute atomic E-state index is 0.0357. The molecule has 0 aliphatic heterocycles. The first-order valence-corrected chi connectivity index (χ1v) is 6.66. The second kappa shape index (κ2) is 6.07. The molecular weight excluding hydrogens is 270 g/mol. The van der Waals surface area contributed by atoms with E-state index in [0.29, 0.717) is 17.5 Å². The average Bonchev–Trinajstić information content (AvgIpc) is 2.78. The first-order valence-electron chi connectivity index (χ1n) is 6.66. The summed E-state index contributed by atoms with van der Waals surface area (Å²) in [7, 11) is 0. The Morgan fingerprint density at radius 2 is 2.10 bits per heavy atom. The number of benzene rings is 1. The van der Waals surface area contributed by atoms with Crippen LogP contribution in [0.2, 0.25) is 0 Å². The number of hydrogen-bond acceptors (Lipinski definition) is 5. The fourth-order valence-corrected chi connectivity index (χ4v) is 2.10. The molecule has 0 saturated heterocycles. The molecule has 1 aromatic heterocycles. The maximum atomic E-state index is 11.3. The van der Waals surface area contributed by atoms with Crippen molar-refractivity contribution in [1.82, 2.24) is 9.78 Å². The lowest BCUT2D eigenvalue weighted by Crippen LogP contribution is -2.21. The maximum absolute atomic E-state index is 11.3. The van der Waals surface area contributed by atoms with Crippen LogP contribution >= 0.6 is 0 Å². The molecule has 0 spiro atoms. The third-order valence-electron chi connectivity index (χ3n) is 3.52. The zero-order valence-electron chi connectivity index (χ0n) is 12.1. The number of aromatic nitrogens is 2. The van der Waals surface area contributed by atoms with E-state index >= 15 is 0 Å². The number of anilines is 1. The molecule has 1 atom stereocenters. The van der Waals surface area contributed by atoms with Gasteiger partial charge >= 0.3 is 0 Å². The molecule has 0 aliphatic carbocycles. The van der Waals surface area contributed by atoms with E-state index < -0.39 is 12.7 Å². The molecule has 0 bridgehead atoms. The van der Waals surface area contributed by atoms with Gasteiger partial charge in [-0.25, -0.2) is 4.68 Å². The molecule has 21 heavy (non-hydrogen) atoms. The molecule has 0 radical (unpaired) electrons. The quantitative estimate of drug-likeness (QED) is 0.710. The van der Waals surface area contributed by atoms with Gasteiger partial charge in [0.25, 0.3) is 0 Å². The van der Waals surface area contributed by atoms with Crippen molar-refractivity contribution < 1.29 is 15.0 Å². The Morgan fingerprint density at radius 3 is 2.67 bits per heavy atom. The van der Waals surface area contributed by atoms with Crippen LogP contribution in [0, 0.1) is 13.8 Å². The van der Waals surface area contributed by atoms with E-state index in [4.69, 9.17) is 10.8 Å². The number of carbonyl (C=O) groups excluding carboxylic acids is 1. The first kappa shape index (κ1) is 15.2. The van der Waals surface area contributed by atoms with Gasteiger partial charge in [-0.1, -0.05) is 12.1 Å². The van der Waals surface area contributed by atoms with Crippen LogP contribution in [0.15, 0.2) is 18.2 Å². The fraction of sp³-hybridized carbons (Fsp3) is 0.333. The highest BCUT2D eigenvalue weighted by Gasteiger charge is 2.18. The summed E-state index contributed by atoms with van der Waals surface area (Å²) in [5.41, 5.74) is 9.71. The topological polar surface area (TPSA) is 101 Å². The van der Waals surface area contributed by atoms with Crippen molar-refractivity contribution in [3.63, 3.8) is 0 Å². The minimum atomic E-state index is -0.973. The number of rotatable bonds is 5. The van der Waals surface area contributed by atoms with Crippen LogP contribution < -0.4 is 5.73 Å². The van der Waals surface area contributed by atoms with Crippen LogP contribution in [-0.2, 0) is 6.54 Å². The normalized spacial score (nSPS) is 12.4. The average molecular weight is 289 g/mol. The summed E-state index contributed by atoms with van der Waals surface area (Å²) in [4.78, 5) is 11.3. The Labute approximate surface area is 122 Å². The lowest BCUT2D eigenvalue weighted by atomic mass is 10.0. The van der Waals surface area contributed by atoms with Gasteiger partial charge in [-0.15, -0.1) is 0 Å². The molecule has 2 aromatic rings. The highest BCUT2D eigenvalue weighted by atomic mass is 16.3. The number of aliphatic hydroxyl groups excluding tert-OH is 2. The van der Waals surface area contributed by atoms with Gasteiger partial charge < -0.3 is 15.9 Å². The SMILES string of the molecule is Cc1ccc(-c2nn(CC(O)CO)c(N)c2C=O)cc1C. The third kappa shape index (κ3) is 2.96. The summed E-state index contributed by atoms with van der Waals surface area (Å²) < 4.78 is 1.34. The molecule has 0 saturated carbocycles. The van der Waals surface area contributed by atoms with E-state index in [2.05, 4.69) is 5.10 Å². The van der Waals surface area contributed by atoms with Crippen molar-refractivity contribution in [3.8, 4) is 11.3 Å². The van der Waals surface area contributed by atoms with Crippen molar-refractivity contribution in [2.24, 2.45) is 0 Å². The Balaban J connectivity index is 2.50. The number of nitrogen functional groups attached to an aromatic ring is 1. The van der Waals surface area contributed by atoms with E-state index in [1.165, 1.54) is 4.68 Å². The molecular formula is C15H19N3O3. The third-order valence-corrected chi connectivity index (χ3v) is 3.52. The number of carbonyl (C=O) groups is 1. The molecule has 0 aliphatic rings. The molecule has 0 fully saturated rings. The van der Waals surface area contributed by atoms with Crippen LogP contribution in [-0.4, -0.2) is 39.0 Å². The van der Waals surface area contributed by atoms with E-state index in [0.717, 1.165) is 16.7 Å². The van der Waals surface area contributed by atoms with Crippen LogP contribution in [0.4, 0.5) is 5.82 Å². The van der Waals surface area contributed by atoms with Gasteiger partial charge in [0, 0.05) is 5.56 Å². The van der Waals surface area contributed by atoms with Crippen LogP contribution in [0.1, 0.15) is 21.5 Å². The van der Waals surface area contributed by atoms with Crippen molar-refractivity contribution in [3.05, 3.63) is 34.9 Å². The smallest absolute Gasteiger partial charge is 0.156 e. The Kier molecular flexibility index (Phi) is 4.40. The zero-order valence-corrected chi connectivity index (χ0v) is 12.1. The number of nitrogens with two attached hydrogens (primary N) is 1. The standard InChI is InChI=1S/C15H19N3O3/c1-9-3-4-11(5-10(9)2)14-13(8-20)15(16)18(17-14)6-12(21)7-19/h3-5,8,12,19,21H,6-7,16H2,1-2H3. The second-order valence-electron chi connectivity index (χ2n) is 5.08. The zero-order chi connectivity index (χ0) is 15.6. The number of aldehydes is 1. The molecule has 6 nitrogen and oxygen atoms in total. The maximum Gasteiger partial charge on any atom is 0.156 e. The predicted molar refractivity (Wildman–Crippen MR) is 80.0 cm³/mol. The Hall–Kier alpha value is -2.18. The number of hydrogen-bond donors (Lipinski definition) is 3. The van der Waals surface area contributed by atoms with Crippen LogP contribution in [0.25, 0.3) is 11.3 Å². The van der Waals surface area contributed by atoms with E-state index in [1.54, 1.807) is 0 Å². The van der Waals surface area contributed by atoms with Crippen molar-refractivity contribution in [2.45, 2.75) is 26.5 Å². The van der Waals surface area contributed by atoms with E-state index in [1.807, 2.05) is 32.0 Å².